The zero-order valence-electron chi connectivity index (χ0n) is 36.0. The normalized spacial score (nSPS) is 13.9. The van der Waals surface area contributed by atoms with E-state index in [2.05, 4.69) is 79.1 Å². The number of rotatable bonds is 41. The number of unbranched alkanes of at least 4 members (excludes halogenated alkanes) is 20. The molecule has 0 aromatic carbocycles. The second-order valence-electron chi connectivity index (χ2n) is 14.8. The lowest BCUT2D eigenvalue weighted by Gasteiger charge is -2.19. The molecule has 0 saturated carbocycles. The lowest BCUT2D eigenvalue weighted by molar-refractivity contribution is -0.161. The molecule has 0 aromatic heterocycles. The van der Waals surface area contributed by atoms with E-state index in [1.54, 1.807) is 0 Å². The summed E-state index contributed by atoms with van der Waals surface area (Å²) in [6.07, 6.45) is 52.6. The van der Waals surface area contributed by atoms with E-state index in [4.69, 9.17) is 14.0 Å². The molecule has 1 N–H and O–H groups in total. The van der Waals surface area contributed by atoms with E-state index in [-0.39, 0.29) is 25.4 Å². The van der Waals surface area contributed by atoms with Crippen LogP contribution in [0.15, 0.2) is 60.8 Å². The van der Waals surface area contributed by atoms with Crippen molar-refractivity contribution >= 4 is 19.8 Å². The monoisotopic (exact) mass is 807 g/mol. The van der Waals surface area contributed by atoms with Crippen LogP contribution >= 0.6 is 7.82 Å². The molecule has 0 bridgehead atoms. The van der Waals surface area contributed by atoms with Crippen molar-refractivity contribution in [3.8, 4) is 0 Å². The third-order valence-corrected chi connectivity index (χ3v) is 10.4. The van der Waals surface area contributed by atoms with Crippen LogP contribution in [-0.2, 0) is 32.7 Å². The molecular formula is C47H83O8P. The summed E-state index contributed by atoms with van der Waals surface area (Å²) in [5.74, 6) is -0.828. The van der Waals surface area contributed by atoms with Crippen molar-refractivity contribution in [1.82, 2.24) is 0 Å². The van der Waals surface area contributed by atoms with Crippen LogP contribution in [0.3, 0.4) is 0 Å². The number of carbonyl (C=O) groups is 2. The van der Waals surface area contributed by atoms with Gasteiger partial charge in [-0.25, -0.2) is 4.57 Å². The highest BCUT2D eigenvalue weighted by Crippen LogP contribution is 2.42. The van der Waals surface area contributed by atoms with Gasteiger partial charge in [0.1, 0.15) is 6.61 Å². The SMILES string of the molecule is CCCCC/C=C\C/C=C\C/C=C\CCCCCCCCC(=O)OC(COC(=O)CCCCCCCCC/C=C\C/C=C\CCCCCC)COP(=O)(O)OC. The van der Waals surface area contributed by atoms with Crippen molar-refractivity contribution in [2.75, 3.05) is 20.3 Å². The van der Waals surface area contributed by atoms with Gasteiger partial charge in [-0.05, 0) is 83.5 Å². The van der Waals surface area contributed by atoms with E-state index >= 15 is 0 Å². The molecule has 8 nitrogen and oxygen atoms in total. The van der Waals surface area contributed by atoms with Crippen molar-refractivity contribution in [1.29, 1.82) is 0 Å². The van der Waals surface area contributed by atoms with E-state index in [1.807, 2.05) is 0 Å². The lowest BCUT2D eigenvalue weighted by Crippen LogP contribution is -2.29. The van der Waals surface area contributed by atoms with Crippen molar-refractivity contribution in [2.24, 2.45) is 0 Å². The molecule has 0 fully saturated rings. The Kier molecular flexibility index (Phi) is 40.7. The number of phosphoric acid groups is 1. The van der Waals surface area contributed by atoms with Gasteiger partial charge in [-0.1, -0.05) is 164 Å². The Hall–Kier alpha value is -2.25. The fourth-order valence-electron chi connectivity index (χ4n) is 5.99. The Morgan fingerprint density at radius 2 is 0.857 bits per heavy atom. The molecule has 9 heteroatoms. The Labute approximate surface area is 343 Å². The van der Waals surface area contributed by atoms with Gasteiger partial charge in [0.25, 0.3) is 0 Å². The summed E-state index contributed by atoms with van der Waals surface area (Å²) < 4.78 is 32.0. The number of carbonyl (C=O) groups excluding carboxylic acids is 2. The fraction of sp³-hybridized carbons (Fsp3) is 0.745. The largest absolute Gasteiger partial charge is 0.472 e. The number of esters is 2. The molecule has 0 aromatic rings. The molecule has 2 unspecified atom stereocenters. The van der Waals surface area contributed by atoms with Gasteiger partial charge in [0.15, 0.2) is 6.10 Å². The average molecular weight is 807 g/mol. The summed E-state index contributed by atoms with van der Waals surface area (Å²) in [6.45, 7) is 3.83. The molecule has 0 aliphatic rings. The number of phosphoric ester groups is 1. The Morgan fingerprint density at radius 1 is 0.500 bits per heavy atom. The van der Waals surface area contributed by atoms with Crippen molar-refractivity contribution in [3.63, 3.8) is 0 Å². The van der Waals surface area contributed by atoms with Crippen molar-refractivity contribution < 1.29 is 37.6 Å². The molecule has 0 radical (unpaired) electrons. The molecule has 0 spiro atoms. The minimum Gasteiger partial charge on any atom is -0.462 e. The molecule has 0 saturated heterocycles. The standard InChI is InChI=1S/C47H83O8P/c1-4-6-8-10-12-14-16-18-20-22-24-26-28-30-32-34-36-38-40-42-47(49)55-45(44-54-56(50,51)52-3)43-53-46(48)41-39-37-35-33-31-29-27-25-23-21-19-17-15-13-11-9-7-5-2/h12,14-15,17-18,20-21,23-24,26,45H,4-11,13,16,19,22,25,27-44H2,1-3H3,(H,50,51)/b14-12-,17-15-,20-18-,23-21-,26-24-. The first kappa shape index (κ1) is 53.8. The molecule has 0 heterocycles. The Bertz CT molecular complexity index is 1100. The smallest absolute Gasteiger partial charge is 0.462 e. The van der Waals surface area contributed by atoms with Gasteiger partial charge >= 0.3 is 19.8 Å². The average Bonchev–Trinajstić information content (AvgIpc) is 3.19. The van der Waals surface area contributed by atoms with Crippen LogP contribution in [0.25, 0.3) is 0 Å². The zero-order chi connectivity index (χ0) is 41.1. The zero-order valence-corrected chi connectivity index (χ0v) is 36.9. The predicted octanol–water partition coefficient (Wildman–Crippen LogP) is 14.3. The van der Waals surface area contributed by atoms with E-state index < -0.39 is 26.5 Å². The highest BCUT2D eigenvalue weighted by Gasteiger charge is 2.24. The minimum absolute atomic E-state index is 0.226. The maximum atomic E-state index is 12.5. The van der Waals surface area contributed by atoms with Crippen LogP contribution in [0.4, 0.5) is 0 Å². The third-order valence-electron chi connectivity index (χ3n) is 9.48. The van der Waals surface area contributed by atoms with Crippen molar-refractivity contribution in [2.45, 2.75) is 206 Å². The molecule has 0 amide bonds. The van der Waals surface area contributed by atoms with E-state index in [9.17, 15) is 19.0 Å². The molecule has 0 aliphatic heterocycles. The summed E-state index contributed by atoms with van der Waals surface area (Å²) >= 11 is 0. The number of allylic oxidation sites excluding steroid dienone is 10. The maximum Gasteiger partial charge on any atom is 0.472 e. The van der Waals surface area contributed by atoms with Gasteiger partial charge in [0, 0.05) is 20.0 Å². The second kappa shape index (κ2) is 42.4. The molecule has 0 aliphatic carbocycles. The van der Waals surface area contributed by atoms with Gasteiger partial charge in [-0.3, -0.25) is 18.6 Å². The van der Waals surface area contributed by atoms with Crippen LogP contribution in [0.2, 0.25) is 0 Å². The fourth-order valence-corrected chi connectivity index (χ4v) is 6.45. The van der Waals surface area contributed by atoms with Crippen LogP contribution in [0.1, 0.15) is 200 Å². The summed E-state index contributed by atoms with van der Waals surface area (Å²) in [5.41, 5.74) is 0. The van der Waals surface area contributed by atoms with Crippen LogP contribution in [0, 0.1) is 0 Å². The van der Waals surface area contributed by atoms with Gasteiger partial charge in [0.05, 0.1) is 6.61 Å². The topological polar surface area (TPSA) is 108 Å². The lowest BCUT2D eigenvalue weighted by atomic mass is 10.1. The van der Waals surface area contributed by atoms with Gasteiger partial charge in [-0.2, -0.15) is 0 Å². The van der Waals surface area contributed by atoms with Crippen LogP contribution < -0.4 is 0 Å². The highest BCUT2D eigenvalue weighted by atomic mass is 31.2. The summed E-state index contributed by atoms with van der Waals surface area (Å²) in [6, 6.07) is 0. The third kappa shape index (κ3) is 41.4. The van der Waals surface area contributed by atoms with E-state index in [0.717, 1.165) is 97.0 Å². The first-order valence-electron chi connectivity index (χ1n) is 22.5. The number of ether oxygens (including phenoxy) is 2. The van der Waals surface area contributed by atoms with Crippen molar-refractivity contribution in [3.05, 3.63) is 60.8 Å². The van der Waals surface area contributed by atoms with Crippen LogP contribution in [0.5, 0.6) is 0 Å². The summed E-state index contributed by atoms with van der Waals surface area (Å²) in [7, 11) is -3.21. The molecule has 56 heavy (non-hydrogen) atoms. The Morgan fingerprint density at radius 3 is 1.30 bits per heavy atom. The first-order valence-corrected chi connectivity index (χ1v) is 24.0. The number of hydrogen-bond acceptors (Lipinski definition) is 7. The molecule has 324 valence electrons. The quantitative estimate of drug-likeness (QED) is 0.0282. The summed E-state index contributed by atoms with van der Waals surface area (Å²) in [4.78, 5) is 34.5. The van der Waals surface area contributed by atoms with Gasteiger partial charge < -0.3 is 14.4 Å². The molecular weight excluding hydrogens is 723 g/mol. The summed E-state index contributed by atoms with van der Waals surface area (Å²) in [5, 5.41) is 0. The maximum absolute atomic E-state index is 12.5. The molecule has 2 atom stereocenters. The van der Waals surface area contributed by atoms with E-state index in [1.165, 1.54) is 77.0 Å². The van der Waals surface area contributed by atoms with Crippen LogP contribution in [-0.4, -0.2) is 43.3 Å². The minimum atomic E-state index is -4.27. The molecule has 0 rings (SSSR count). The first-order chi connectivity index (χ1) is 27.3. The van der Waals surface area contributed by atoms with E-state index in [0.29, 0.717) is 6.42 Å². The second-order valence-corrected chi connectivity index (χ2v) is 16.4. The highest BCUT2D eigenvalue weighted by molar-refractivity contribution is 7.47. The number of hydrogen-bond donors (Lipinski definition) is 1. The van der Waals surface area contributed by atoms with Gasteiger partial charge in [-0.15, -0.1) is 0 Å². The predicted molar refractivity (Wildman–Crippen MR) is 235 cm³/mol. The Balaban J connectivity index is 4.03. The van der Waals surface area contributed by atoms with Gasteiger partial charge in [0.2, 0.25) is 0 Å².